The largest absolute Gasteiger partial charge is 2.00 e. The molecule has 5 nitrogen and oxygen atoms in total. The van der Waals surface area contributed by atoms with Crippen molar-refractivity contribution in [2.75, 3.05) is 20.1 Å². The Morgan fingerprint density at radius 1 is 1.08 bits per heavy atom. The first kappa shape index (κ1) is 23.0. The number of hydrogen-bond donors (Lipinski definition) is 0. The Labute approximate surface area is 95.7 Å². The van der Waals surface area contributed by atoms with E-state index in [0.717, 1.165) is 4.90 Å². The SMILES string of the molecule is C.C.CN(CC(=O)[O-])CC(=O)[O-].[Sn+2]. The van der Waals surface area contributed by atoms with Crippen molar-refractivity contribution in [3.63, 3.8) is 0 Å². The van der Waals surface area contributed by atoms with E-state index in [9.17, 15) is 19.8 Å². The summed E-state index contributed by atoms with van der Waals surface area (Å²) in [5.41, 5.74) is 0. The second-order valence-electron chi connectivity index (χ2n) is 1.92. The summed E-state index contributed by atoms with van der Waals surface area (Å²) in [5.74, 6) is -2.60. The number of nitrogens with zero attached hydrogens (tertiary/aromatic N) is 1. The molecule has 76 valence electrons. The average molecular weight is 296 g/mol. The summed E-state index contributed by atoms with van der Waals surface area (Å²) in [6.45, 7) is -0.790. The van der Waals surface area contributed by atoms with E-state index in [2.05, 4.69) is 0 Å². The minimum absolute atomic E-state index is 0. The topological polar surface area (TPSA) is 83.5 Å². The normalized spacial score (nSPS) is 7.54. The van der Waals surface area contributed by atoms with E-state index in [1.165, 1.54) is 7.05 Å². The molecule has 2 radical (unpaired) electrons. The van der Waals surface area contributed by atoms with Gasteiger partial charge in [-0.05, 0) is 7.05 Å². The first-order chi connectivity index (χ1) is 4.52. The molecule has 0 saturated heterocycles. The minimum atomic E-state index is -1.30. The summed E-state index contributed by atoms with van der Waals surface area (Å²) in [6, 6.07) is 0. The summed E-state index contributed by atoms with van der Waals surface area (Å²) in [5, 5.41) is 19.7. The van der Waals surface area contributed by atoms with Crippen molar-refractivity contribution in [3.8, 4) is 0 Å². The summed E-state index contributed by atoms with van der Waals surface area (Å²) < 4.78 is 0. The summed E-state index contributed by atoms with van der Waals surface area (Å²) in [6.07, 6.45) is 0. The molecule has 0 N–H and O–H groups in total. The predicted octanol–water partition coefficient (Wildman–Crippen LogP) is -2.69. The zero-order valence-corrected chi connectivity index (χ0v) is 8.85. The van der Waals surface area contributed by atoms with E-state index >= 15 is 0 Å². The number of hydrogen-bond acceptors (Lipinski definition) is 5. The molecule has 0 aromatic rings. The third kappa shape index (κ3) is 18.6. The van der Waals surface area contributed by atoms with Gasteiger partial charge in [-0.25, -0.2) is 0 Å². The molecule has 13 heavy (non-hydrogen) atoms. The van der Waals surface area contributed by atoms with Gasteiger partial charge in [0, 0.05) is 13.1 Å². The van der Waals surface area contributed by atoms with E-state index in [1.54, 1.807) is 0 Å². The van der Waals surface area contributed by atoms with Gasteiger partial charge in [-0.1, -0.05) is 14.9 Å². The summed E-state index contributed by atoms with van der Waals surface area (Å²) in [7, 11) is 1.35. The Morgan fingerprint density at radius 2 is 1.31 bits per heavy atom. The monoisotopic (exact) mass is 297 g/mol. The predicted molar refractivity (Wildman–Crippen MR) is 46.7 cm³/mol. The van der Waals surface area contributed by atoms with E-state index in [4.69, 9.17) is 0 Å². The van der Waals surface area contributed by atoms with Crippen LogP contribution in [0, 0.1) is 0 Å². The maximum absolute atomic E-state index is 9.83. The van der Waals surface area contributed by atoms with Crippen LogP contribution in [0.15, 0.2) is 0 Å². The number of rotatable bonds is 4. The second kappa shape index (κ2) is 11.7. The molecule has 0 fully saturated rings. The van der Waals surface area contributed by atoms with Crippen molar-refractivity contribution in [2.45, 2.75) is 14.9 Å². The van der Waals surface area contributed by atoms with E-state index in [1.807, 2.05) is 0 Å². The molecule has 0 bridgehead atoms. The minimum Gasteiger partial charge on any atom is -0.549 e. The van der Waals surface area contributed by atoms with Gasteiger partial charge < -0.3 is 19.8 Å². The fourth-order valence-electron chi connectivity index (χ4n) is 0.497. The fraction of sp³-hybridized carbons (Fsp3) is 0.714. The Bertz CT molecular complexity index is 135. The van der Waals surface area contributed by atoms with Crippen molar-refractivity contribution in [1.29, 1.82) is 0 Å². The second-order valence-corrected chi connectivity index (χ2v) is 1.92. The van der Waals surface area contributed by atoms with E-state index < -0.39 is 25.0 Å². The molecule has 0 saturated carbocycles. The van der Waals surface area contributed by atoms with Crippen LogP contribution in [0.4, 0.5) is 0 Å². The number of carboxylic acid groups (broad SMARTS) is 2. The van der Waals surface area contributed by atoms with Gasteiger partial charge in [0.1, 0.15) is 0 Å². The van der Waals surface area contributed by atoms with Crippen LogP contribution in [0.2, 0.25) is 0 Å². The molecule has 0 aromatic heterocycles. The number of carbonyl (C=O) groups is 2. The molecule has 0 aliphatic rings. The maximum Gasteiger partial charge on any atom is 2.00 e. The molecule has 6 heteroatoms. The summed E-state index contributed by atoms with van der Waals surface area (Å²) >= 11 is 0. The molecule has 0 aromatic carbocycles. The van der Waals surface area contributed by atoms with Gasteiger partial charge in [-0.3, -0.25) is 4.90 Å². The van der Waals surface area contributed by atoms with Gasteiger partial charge in [0.2, 0.25) is 0 Å². The van der Waals surface area contributed by atoms with Crippen molar-refractivity contribution in [1.82, 2.24) is 4.90 Å². The third-order valence-corrected chi connectivity index (χ3v) is 0.798. The summed E-state index contributed by atoms with van der Waals surface area (Å²) in [4.78, 5) is 20.7. The Hall–Kier alpha value is -0.301. The molecule has 0 heterocycles. The van der Waals surface area contributed by atoms with Gasteiger partial charge in [-0.15, -0.1) is 0 Å². The molecular weight excluding hydrogens is 281 g/mol. The molecule has 0 aliphatic carbocycles. The number of likely N-dealkylation sites (N-methyl/N-ethyl adjacent to an activating group) is 1. The van der Waals surface area contributed by atoms with E-state index in [-0.39, 0.29) is 38.8 Å². The smallest absolute Gasteiger partial charge is 0.549 e. The third-order valence-electron chi connectivity index (χ3n) is 0.798. The first-order valence-electron chi connectivity index (χ1n) is 2.60. The Kier molecular flexibility index (Phi) is 20.7. The van der Waals surface area contributed by atoms with Crippen LogP contribution in [0.3, 0.4) is 0 Å². The van der Waals surface area contributed by atoms with Crippen LogP contribution in [0.5, 0.6) is 0 Å². The Morgan fingerprint density at radius 3 is 1.46 bits per heavy atom. The average Bonchev–Trinajstić information content (AvgIpc) is 1.58. The number of carbonyl (C=O) groups excluding carboxylic acids is 2. The first-order valence-corrected chi connectivity index (χ1v) is 2.60. The Balaban J connectivity index is -0.000000135. The van der Waals surface area contributed by atoms with Crippen LogP contribution in [-0.2, 0) is 9.59 Å². The molecule has 0 rings (SSSR count). The zero-order valence-electron chi connectivity index (χ0n) is 5.99. The standard InChI is InChI=1S/C5H9NO4.2CH4.Sn/c1-6(2-4(7)8)3-5(9)10;;;/h2-3H2,1H3,(H,7,8)(H,9,10);2*1H4;/q;;;+2/p-2. The van der Waals surface area contributed by atoms with Gasteiger partial charge in [0.05, 0.1) is 11.9 Å². The van der Waals surface area contributed by atoms with Crippen LogP contribution in [0.1, 0.15) is 14.9 Å². The number of aliphatic carboxylic acids is 2. The molecular formula is C7H15NO4Sn. The molecule has 0 aliphatic heterocycles. The van der Waals surface area contributed by atoms with Gasteiger partial charge in [0.25, 0.3) is 0 Å². The molecule has 0 amide bonds. The molecule has 0 spiro atoms. The van der Waals surface area contributed by atoms with Crippen LogP contribution in [0.25, 0.3) is 0 Å². The van der Waals surface area contributed by atoms with Gasteiger partial charge >= 0.3 is 23.9 Å². The van der Waals surface area contributed by atoms with Crippen LogP contribution >= 0.6 is 0 Å². The quantitative estimate of drug-likeness (QED) is 0.528. The van der Waals surface area contributed by atoms with Crippen molar-refractivity contribution >= 4 is 35.8 Å². The van der Waals surface area contributed by atoms with Crippen LogP contribution < -0.4 is 10.2 Å². The van der Waals surface area contributed by atoms with Crippen molar-refractivity contribution < 1.29 is 19.8 Å². The van der Waals surface area contributed by atoms with Gasteiger partial charge in [0.15, 0.2) is 0 Å². The van der Waals surface area contributed by atoms with Crippen molar-refractivity contribution in [3.05, 3.63) is 0 Å². The number of carboxylic acids is 2. The van der Waals surface area contributed by atoms with Crippen molar-refractivity contribution in [2.24, 2.45) is 0 Å². The zero-order chi connectivity index (χ0) is 8.15. The fourth-order valence-corrected chi connectivity index (χ4v) is 0.497. The van der Waals surface area contributed by atoms with Crippen LogP contribution in [-0.4, -0.2) is 60.9 Å². The molecule has 0 atom stereocenters. The van der Waals surface area contributed by atoms with Gasteiger partial charge in [-0.2, -0.15) is 0 Å². The molecule has 0 unspecified atom stereocenters. The maximum atomic E-state index is 9.83. The van der Waals surface area contributed by atoms with E-state index in [0.29, 0.717) is 0 Å².